The average Bonchev–Trinajstić information content (AvgIpc) is 3.51. The molecule has 0 saturated heterocycles. The predicted molar refractivity (Wildman–Crippen MR) is 130 cm³/mol. The quantitative estimate of drug-likeness (QED) is 0.536. The topological polar surface area (TPSA) is 45.6 Å². The maximum Gasteiger partial charge on any atom is 0.247 e. The summed E-state index contributed by atoms with van der Waals surface area (Å²) < 4.78 is 2.17. The summed E-state index contributed by atoms with van der Waals surface area (Å²) in [5, 5.41) is 0. The van der Waals surface area contributed by atoms with E-state index in [1.54, 1.807) is 0 Å². The van der Waals surface area contributed by atoms with Gasteiger partial charge in [-0.05, 0) is 48.1 Å². The van der Waals surface area contributed by atoms with Gasteiger partial charge in [0.15, 0.2) is 0 Å². The van der Waals surface area contributed by atoms with E-state index in [0.717, 1.165) is 35.5 Å². The van der Waals surface area contributed by atoms with Crippen molar-refractivity contribution in [1.29, 1.82) is 0 Å². The summed E-state index contributed by atoms with van der Waals surface area (Å²) in [5.41, 5.74) is 3.85. The molecule has 0 radical (unpaired) electrons. The summed E-state index contributed by atoms with van der Waals surface area (Å²) in [6.07, 6.45) is 4.45. The van der Waals surface area contributed by atoms with Crippen molar-refractivity contribution in [3.63, 3.8) is 0 Å². The van der Waals surface area contributed by atoms with E-state index in [1.165, 1.54) is 0 Å². The number of nitrogens with zero attached hydrogens (tertiary/aromatic N) is 3. The van der Waals surface area contributed by atoms with Crippen LogP contribution in [0.15, 0.2) is 72.9 Å². The summed E-state index contributed by atoms with van der Waals surface area (Å²) in [4.78, 5) is 30.9. The molecule has 2 heterocycles. The molecule has 1 fully saturated rings. The lowest BCUT2D eigenvalue weighted by Gasteiger charge is -2.39. The van der Waals surface area contributed by atoms with Crippen molar-refractivity contribution in [1.82, 2.24) is 9.47 Å². The van der Waals surface area contributed by atoms with E-state index < -0.39 is 0 Å². The van der Waals surface area contributed by atoms with Crippen LogP contribution in [0.4, 0.5) is 5.69 Å². The maximum absolute atomic E-state index is 14.0. The van der Waals surface area contributed by atoms with E-state index >= 15 is 0 Å². The molecule has 2 aliphatic rings. The summed E-state index contributed by atoms with van der Waals surface area (Å²) >= 11 is 0. The van der Waals surface area contributed by atoms with E-state index in [-0.39, 0.29) is 35.9 Å². The first-order chi connectivity index (χ1) is 15.8. The minimum absolute atomic E-state index is 0.0436. The molecule has 1 atom stereocenters. The fraction of sp³-hybridized carbons (Fsp3) is 0.357. The predicted octanol–water partition coefficient (Wildman–Crippen LogP) is 5.34. The molecule has 0 N–H and O–H groups in total. The van der Waals surface area contributed by atoms with Gasteiger partial charge in [-0.25, -0.2) is 0 Å². The zero-order chi connectivity index (χ0) is 23.2. The second-order valence-electron chi connectivity index (χ2n) is 10.4. The molecule has 1 saturated carbocycles. The highest BCUT2D eigenvalue weighted by atomic mass is 16.2. The third-order valence-electron chi connectivity index (χ3n) is 6.40. The van der Waals surface area contributed by atoms with Crippen molar-refractivity contribution in [2.45, 2.75) is 52.1 Å². The highest BCUT2D eigenvalue weighted by molar-refractivity contribution is 6.00. The molecule has 0 bridgehead atoms. The molecule has 3 aromatic rings. The molecule has 1 aromatic heterocycles. The molecule has 5 nitrogen and oxygen atoms in total. The molecule has 2 amide bonds. The summed E-state index contributed by atoms with van der Waals surface area (Å²) in [6, 6.07) is 22.2. The molecular weight excluding hydrogens is 410 g/mol. The van der Waals surface area contributed by atoms with Crippen molar-refractivity contribution in [2.75, 3.05) is 11.4 Å². The zero-order valence-electron chi connectivity index (χ0n) is 19.6. The second-order valence-corrected chi connectivity index (χ2v) is 10.4. The molecule has 1 unspecified atom stereocenters. The molecule has 1 aliphatic heterocycles. The molecule has 170 valence electrons. The number of carbonyl (C=O) groups excluding carboxylic acids is 2. The molecule has 33 heavy (non-hydrogen) atoms. The van der Waals surface area contributed by atoms with Crippen LogP contribution in [0.1, 0.15) is 57.3 Å². The normalized spacial score (nSPS) is 17.3. The lowest BCUT2D eigenvalue weighted by molar-refractivity contribution is -0.137. The summed E-state index contributed by atoms with van der Waals surface area (Å²) in [5.74, 6) is 0.0289. The fourth-order valence-corrected chi connectivity index (χ4v) is 4.80. The Hall–Kier alpha value is -3.34. The number of aromatic nitrogens is 1. The van der Waals surface area contributed by atoms with Crippen LogP contribution in [0, 0.1) is 5.41 Å². The number of benzene rings is 2. The SMILES string of the molecule is CC(C)(C)CC(=O)N(CC(=O)N1c2ccccc2-n2cccc2C1c1ccccc1)C1CC1. The van der Waals surface area contributed by atoms with Crippen molar-refractivity contribution in [3.05, 3.63) is 84.2 Å². The van der Waals surface area contributed by atoms with Crippen LogP contribution >= 0.6 is 0 Å². The number of rotatable bonds is 5. The van der Waals surface area contributed by atoms with E-state index in [4.69, 9.17) is 0 Å². The number of hydrogen-bond acceptors (Lipinski definition) is 2. The van der Waals surface area contributed by atoms with Gasteiger partial charge in [0.25, 0.3) is 0 Å². The Balaban J connectivity index is 1.54. The first-order valence-electron chi connectivity index (χ1n) is 11.8. The Kier molecular flexibility index (Phi) is 5.35. The van der Waals surface area contributed by atoms with Crippen LogP contribution < -0.4 is 4.90 Å². The van der Waals surface area contributed by atoms with Crippen molar-refractivity contribution >= 4 is 17.5 Å². The van der Waals surface area contributed by atoms with Gasteiger partial charge in [0.05, 0.1) is 17.1 Å². The van der Waals surface area contributed by atoms with Gasteiger partial charge in [0.2, 0.25) is 11.8 Å². The van der Waals surface area contributed by atoms with E-state index in [0.29, 0.717) is 6.42 Å². The first kappa shape index (κ1) is 21.5. The molecule has 1 aliphatic carbocycles. The standard InChI is InChI=1S/C28H31N3O2/c1-28(2,3)18-25(32)30(21-15-16-21)19-26(33)31-23-13-8-7-12-22(23)29-17-9-14-24(29)27(31)20-10-5-4-6-11-20/h4-14,17,21,27H,15-16,18-19H2,1-3H3. The fourth-order valence-electron chi connectivity index (χ4n) is 4.80. The molecule has 5 rings (SSSR count). The highest BCUT2D eigenvalue weighted by Crippen LogP contribution is 2.42. The van der Waals surface area contributed by atoms with Gasteiger partial charge < -0.3 is 9.47 Å². The third-order valence-corrected chi connectivity index (χ3v) is 6.40. The number of anilines is 1. The van der Waals surface area contributed by atoms with Crippen molar-refractivity contribution < 1.29 is 9.59 Å². The van der Waals surface area contributed by atoms with Gasteiger partial charge in [0.1, 0.15) is 12.6 Å². The Morgan fingerprint density at radius 2 is 1.58 bits per heavy atom. The van der Waals surface area contributed by atoms with Gasteiger partial charge in [-0.1, -0.05) is 63.2 Å². The lowest BCUT2D eigenvalue weighted by atomic mass is 9.91. The third kappa shape index (κ3) is 4.20. The van der Waals surface area contributed by atoms with E-state index in [1.807, 2.05) is 58.3 Å². The van der Waals surface area contributed by atoms with Crippen LogP contribution in [-0.4, -0.2) is 33.9 Å². The Morgan fingerprint density at radius 3 is 2.24 bits per heavy atom. The van der Waals surface area contributed by atoms with Crippen LogP contribution in [0.2, 0.25) is 0 Å². The van der Waals surface area contributed by atoms with Crippen molar-refractivity contribution in [3.8, 4) is 5.69 Å². The van der Waals surface area contributed by atoms with Crippen molar-refractivity contribution in [2.24, 2.45) is 5.41 Å². The minimum Gasteiger partial charge on any atom is -0.330 e. The van der Waals surface area contributed by atoms with E-state index in [2.05, 4.69) is 49.7 Å². The zero-order valence-corrected chi connectivity index (χ0v) is 19.6. The van der Waals surface area contributed by atoms with Gasteiger partial charge in [-0.3, -0.25) is 14.5 Å². The Morgan fingerprint density at radius 1 is 0.909 bits per heavy atom. The number of carbonyl (C=O) groups is 2. The molecular formula is C28H31N3O2. The largest absolute Gasteiger partial charge is 0.330 e. The number of hydrogen-bond donors (Lipinski definition) is 0. The Labute approximate surface area is 195 Å². The molecule has 5 heteroatoms. The second kappa shape index (κ2) is 8.22. The smallest absolute Gasteiger partial charge is 0.247 e. The van der Waals surface area contributed by atoms with Crippen LogP contribution in [0.25, 0.3) is 5.69 Å². The Bertz CT molecular complexity index is 1170. The number of fused-ring (bicyclic) bond motifs is 3. The maximum atomic E-state index is 14.0. The van der Waals surface area contributed by atoms with Crippen LogP contribution in [0.5, 0.6) is 0 Å². The molecule has 2 aromatic carbocycles. The monoisotopic (exact) mass is 441 g/mol. The average molecular weight is 442 g/mol. The highest BCUT2D eigenvalue weighted by Gasteiger charge is 2.40. The summed E-state index contributed by atoms with van der Waals surface area (Å²) in [7, 11) is 0. The number of para-hydroxylation sites is 2. The van der Waals surface area contributed by atoms with Gasteiger partial charge in [-0.2, -0.15) is 0 Å². The van der Waals surface area contributed by atoms with Crippen LogP contribution in [-0.2, 0) is 9.59 Å². The lowest BCUT2D eigenvalue weighted by Crippen LogP contribution is -2.47. The van der Waals surface area contributed by atoms with Crippen LogP contribution in [0.3, 0.4) is 0 Å². The summed E-state index contributed by atoms with van der Waals surface area (Å²) in [6.45, 7) is 6.31. The number of amides is 2. The van der Waals surface area contributed by atoms with E-state index in [9.17, 15) is 9.59 Å². The van der Waals surface area contributed by atoms with Gasteiger partial charge in [-0.15, -0.1) is 0 Å². The first-order valence-corrected chi connectivity index (χ1v) is 11.8. The molecule has 0 spiro atoms. The van der Waals surface area contributed by atoms with Gasteiger partial charge >= 0.3 is 0 Å². The van der Waals surface area contributed by atoms with Gasteiger partial charge in [0, 0.05) is 18.7 Å². The minimum atomic E-state index is -0.248.